The highest BCUT2D eigenvalue weighted by molar-refractivity contribution is 7.92. The molecule has 0 fully saturated rings. The molecule has 0 unspecified atom stereocenters. The van der Waals surface area contributed by atoms with E-state index in [4.69, 9.17) is 0 Å². The van der Waals surface area contributed by atoms with Gasteiger partial charge in [0, 0.05) is 11.3 Å². The van der Waals surface area contributed by atoms with E-state index in [1.54, 1.807) is 42.5 Å². The third kappa shape index (κ3) is 5.23. The number of nitrogens with one attached hydrogen (secondary N) is 2. The molecule has 6 heteroatoms. The molecule has 0 aromatic heterocycles. The number of rotatable bonds is 6. The Bertz CT molecular complexity index is 1110. The molecule has 1 atom stereocenters. The molecule has 0 radical (unpaired) electrons. The molecule has 5 nitrogen and oxygen atoms in total. The largest absolute Gasteiger partial charge is 0.346 e. The highest BCUT2D eigenvalue weighted by Gasteiger charge is 2.16. The van der Waals surface area contributed by atoms with E-state index in [1.807, 2.05) is 45.0 Å². The van der Waals surface area contributed by atoms with Crippen LogP contribution in [0.1, 0.15) is 40.0 Å². The van der Waals surface area contributed by atoms with E-state index in [0.29, 0.717) is 11.3 Å². The Hall–Kier alpha value is -3.12. The summed E-state index contributed by atoms with van der Waals surface area (Å²) in [6.07, 6.45) is 0. The fraction of sp³-hybridized carbons (Fsp3) is 0.174. The van der Waals surface area contributed by atoms with Gasteiger partial charge in [0.05, 0.1) is 10.9 Å². The van der Waals surface area contributed by atoms with Crippen molar-refractivity contribution in [3.05, 3.63) is 95.1 Å². The first-order chi connectivity index (χ1) is 13.7. The zero-order valence-electron chi connectivity index (χ0n) is 16.6. The van der Waals surface area contributed by atoms with E-state index in [0.717, 1.165) is 16.7 Å². The van der Waals surface area contributed by atoms with Gasteiger partial charge in [-0.25, -0.2) is 8.42 Å². The predicted octanol–water partition coefficient (Wildman–Crippen LogP) is 4.60. The zero-order valence-corrected chi connectivity index (χ0v) is 17.5. The van der Waals surface area contributed by atoms with Gasteiger partial charge >= 0.3 is 0 Å². The summed E-state index contributed by atoms with van der Waals surface area (Å²) < 4.78 is 27.7. The lowest BCUT2D eigenvalue weighted by Gasteiger charge is -2.15. The van der Waals surface area contributed by atoms with Crippen LogP contribution in [-0.4, -0.2) is 14.3 Å². The molecule has 0 aliphatic rings. The van der Waals surface area contributed by atoms with Gasteiger partial charge < -0.3 is 5.32 Å². The van der Waals surface area contributed by atoms with Crippen molar-refractivity contribution in [1.29, 1.82) is 0 Å². The average molecular weight is 409 g/mol. The Morgan fingerprint density at radius 1 is 0.862 bits per heavy atom. The van der Waals surface area contributed by atoms with Crippen LogP contribution < -0.4 is 10.0 Å². The Morgan fingerprint density at radius 2 is 1.45 bits per heavy atom. The summed E-state index contributed by atoms with van der Waals surface area (Å²) in [6, 6.07) is 20.8. The van der Waals surface area contributed by atoms with Gasteiger partial charge in [0.15, 0.2) is 0 Å². The Morgan fingerprint density at radius 3 is 2.07 bits per heavy atom. The lowest BCUT2D eigenvalue weighted by atomic mass is 10.1. The van der Waals surface area contributed by atoms with Crippen LogP contribution in [0.15, 0.2) is 77.7 Å². The zero-order chi connectivity index (χ0) is 21.0. The van der Waals surface area contributed by atoms with E-state index >= 15 is 0 Å². The van der Waals surface area contributed by atoms with E-state index in [9.17, 15) is 13.2 Å². The number of hydrogen-bond acceptors (Lipinski definition) is 3. The standard InChI is InChI=1S/C23H24N2O3S/c1-16-7-11-19(12-8-16)18(3)24-23(26)20-5-4-6-21(15-20)25-29(27,28)22-13-9-17(2)10-14-22/h4-15,18,25H,1-3H3,(H,24,26)/t18-/m0/s1. The molecule has 1 amide bonds. The van der Waals surface area contributed by atoms with Crippen LogP contribution in [0.5, 0.6) is 0 Å². The molecule has 29 heavy (non-hydrogen) atoms. The van der Waals surface area contributed by atoms with Crippen molar-refractivity contribution >= 4 is 21.6 Å². The molecular weight excluding hydrogens is 384 g/mol. The van der Waals surface area contributed by atoms with Crippen LogP contribution in [0, 0.1) is 13.8 Å². The first-order valence-electron chi connectivity index (χ1n) is 9.31. The van der Waals surface area contributed by atoms with Crippen molar-refractivity contribution in [2.75, 3.05) is 4.72 Å². The normalized spacial score (nSPS) is 12.2. The molecule has 3 aromatic rings. The molecule has 0 aliphatic heterocycles. The van der Waals surface area contributed by atoms with Gasteiger partial charge in [-0.3, -0.25) is 9.52 Å². The predicted molar refractivity (Wildman–Crippen MR) is 115 cm³/mol. The molecule has 3 aromatic carbocycles. The smallest absolute Gasteiger partial charge is 0.261 e. The maximum absolute atomic E-state index is 12.6. The highest BCUT2D eigenvalue weighted by Crippen LogP contribution is 2.19. The number of sulfonamides is 1. The third-order valence-corrected chi connectivity index (χ3v) is 6.03. The maximum Gasteiger partial charge on any atom is 0.261 e. The van der Waals surface area contributed by atoms with Crippen molar-refractivity contribution in [3.63, 3.8) is 0 Å². The minimum absolute atomic E-state index is 0.170. The Labute approximate surface area is 171 Å². The summed E-state index contributed by atoms with van der Waals surface area (Å²) in [7, 11) is -3.72. The minimum Gasteiger partial charge on any atom is -0.346 e. The number of benzene rings is 3. The Kier molecular flexibility index (Phi) is 6.03. The molecule has 0 spiro atoms. The van der Waals surface area contributed by atoms with Crippen molar-refractivity contribution in [3.8, 4) is 0 Å². The topological polar surface area (TPSA) is 75.3 Å². The lowest BCUT2D eigenvalue weighted by Crippen LogP contribution is -2.26. The summed E-state index contributed by atoms with van der Waals surface area (Å²) in [5, 5.41) is 2.94. The van der Waals surface area contributed by atoms with E-state index in [-0.39, 0.29) is 16.8 Å². The quantitative estimate of drug-likeness (QED) is 0.626. The molecule has 2 N–H and O–H groups in total. The molecule has 3 rings (SSSR count). The number of carbonyl (C=O) groups is 1. The van der Waals surface area contributed by atoms with E-state index in [1.165, 1.54) is 6.07 Å². The first kappa shape index (κ1) is 20.6. The summed E-state index contributed by atoms with van der Waals surface area (Å²) in [6.45, 7) is 5.81. The van der Waals surface area contributed by atoms with Crippen molar-refractivity contribution in [1.82, 2.24) is 5.32 Å². The second-order valence-electron chi connectivity index (χ2n) is 7.11. The fourth-order valence-electron chi connectivity index (χ4n) is 2.87. The third-order valence-electron chi connectivity index (χ3n) is 4.63. The number of amides is 1. The van der Waals surface area contributed by atoms with Gasteiger partial charge in [0.1, 0.15) is 0 Å². The number of anilines is 1. The molecular formula is C23H24N2O3S. The van der Waals surface area contributed by atoms with Gasteiger partial charge in [-0.1, -0.05) is 53.6 Å². The monoisotopic (exact) mass is 408 g/mol. The second kappa shape index (κ2) is 8.49. The van der Waals surface area contributed by atoms with Crippen molar-refractivity contribution in [2.45, 2.75) is 31.7 Å². The van der Waals surface area contributed by atoms with Crippen LogP contribution in [0.3, 0.4) is 0 Å². The summed E-state index contributed by atoms with van der Waals surface area (Å²) in [5.74, 6) is -0.269. The van der Waals surface area contributed by atoms with Crippen molar-refractivity contribution in [2.24, 2.45) is 0 Å². The van der Waals surface area contributed by atoms with Crippen LogP contribution in [0.2, 0.25) is 0 Å². The first-order valence-corrected chi connectivity index (χ1v) is 10.8. The number of hydrogen-bond donors (Lipinski definition) is 2. The van der Waals surface area contributed by atoms with Gasteiger partial charge in [-0.05, 0) is 56.7 Å². The maximum atomic E-state index is 12.6. The van der Waals surface area contributed by atoms with Crippen molar-refractivity contribution < 1.29 is 13.2 Å². The lowest BCUT2D eigenvalue weighted by molar-refractivity contribution is 0.0940. The molecule has 0 saturated heterocycles. The molecule has 0 heterocycles. The van der Waals surface area contributed by atoms with E-state index in [2.05, 4.69) is 10.0 Å². The SMILES string of the molecule is Cc1ccc([C@H](C)NC(=O)c2cccc(NS(=O)(=O)c3ccc(C)cc3)c2)cc1. The highest BCUT2D eigenvalue weighted by atomic mass is 32.2. The number of aryl methyl sites for hydroxylation is 2. The van der Waals surface area contributed by atoms with Gasteiger partial charge in [0.25, 0.3) is 15.9 Å². The minimum atomic E-state index is -3.72. The van der Waals surface area contributed by atoms with Crippen LogP contribution in [0.25, 0.3) is 0 Å². The average Bonchev–Trinajstić information content (AvgIpc) is 2.68. The molecule has 0 aliphatic carbocycles. The van der Waals surface area contributed by atoms with Crippen LogP contribution >= 0.6 is 0 Å². The summed E-state index contributed by atoms with van der Waals surface area (Å²) in [5.41, 5.74) is 3.85. The summed E-state index contributed by atoms with van der Waals surface area (Å²) in [4.78, 5) is 12.8. The Balaban J connectivity index is 1.74. The molecule has 0 saturated carbocycles. The number of carbonyl (C=O) groups excluding carboxylic acids is 1. The van der Waals surface area contributed by atoms with Gasteiger partial charge in [0.2, 0.25) is 0 Å². The summed E-state index contributed by atoms with van der Waals surface area (Å²) >= 11 is 0. The molecule has 150 valence electrons. The fourth-order valence-corrected chi connectivity index (χ4v) is 3.92. The van der Waals surface area contributed by atoms with Gasteiger partial charge in [-0.2, -0.15) is 0 Å². The van der Waals surface area contributed by atoms with Gasteiger partial charge in [-0.15, -0.1) is 0 Å². The molecule has 0 bridgehead atoms. The van der Waals surface area contributed by atoms with Crippen LogP contribution in [-0.2, 0) is 10.0 Å². The van der Waals surface area contributed by atoms with E-state index < -0.39 is 10.0 Å². The second-order valence-corrected chi connectivity index (χ2v) is 8.79. The van der Waals surface area contributed by atoms with Crippen LogP contribution in [0.4, 0.5) is 5.69 Å².